The van der Waals surface area contributed by atoms with E-state index in [1.165, 1.54) is 0 Å². The first-order valence-corrected chi connectivity index (χ1v) is 8.30. The molecule has 5 heteroatoms. The molecule has 1 aromatic carbocycles. The highest BCUT2D eigenvalue weighted by atomic mass is 16.4. The molecule has 24 heavy (non-hydrogen) atoms. The molecule has 0 aliphatic carbocycles. The average molecular weight is 325 g/mol. The molecule has 1 fully saturated rings. The number of nitrogens with zero attached hydrogens (tertiary/aromatic N) is 3. The van der Waals surface area contributed by atoms with Crippen molar-refractivity contribution in [3.63, 3.8) is 0 Å². The van der Waals surface area contributed by atoms with Crippen molar-refractivity contribution in [2.24, 2.45) is 0 Å². The monoisotopic (exact) mass is 325 g/mol. The third kappa shape index (κ3) is 3.31. The Morgan fingerprint density at radius 1 is 1.21 bits per heavy atom. The molecule has 2 heterocycles. The fourth-order valence-electron chi connectivity index (χ4n) is 3.42. The number of carboxylic acid groups (broad SMARTS) is 1. The molecule has 0 unspecified atom stereocenters. The number of aromatic nitrogens is 2. The van der Waals surface area contributed by atoms with Gasteiger partial charge in [-0.1, -0.05) is 29.8 Å². The van der Waals surface area contributed by atoms with E-state index in [2.05, 4.69) is 14.9 Å². The number of rotatable bonds is 4. The average Bonchev–Trinajstić information content (AvgIpc) is 2.57. The molecule has 5 nitrogen and oxygen atoms in total. The number of hydrogen-bond donors (Lipinski definition) is 1. The largest absolute Gasteiger partial charge is 0.481 e. The van der Waals surface area contributed by atoms with E-state index in [9.17, 15) is 9.90 Å². The molecule has 1 aliphatic rings. The van der Waals surface area contributed by atoms with Gasteiger partial charge in [-0.3, -0.25) is 9.69 Å². The van der Waals surface area contributed by atoms with E-state index in [1.807, 2.05) is 50.5 Å². The van der Waals surface area contributed by atoms with Crippen molar-refractivity contribution >= 4 is 5.97 Å². The fourth-order valence-corrected chi connectivity index (χ4v) is 3.42. The Bertz CT molecular complexity index is 720. The van der Waals surface area contributed by atoms with Crippen molar-refractivity contribution in [3.8, 4) is 0 Å². The smallest absolute Gasteiger partial charge is 0.314 e. The number of carbonyl (C=O) groups is 1. The van der Waals surface area contributed by atoms with Crippen molar-refractivity contribution in [2.75, 3.05) is 13.1 Å². The van der Waals surface area contributed by atoms with Gasteiger partial charge in [0.15, 0.2) is 0 Å². The minimum Gasteiger partial charge on any atom is -0.481 e. The summed E-state index contributed by atoms with van der Waals surface area (Å²) in [6, 6.07) is 7.92. The van der Waals surface area contributed by atoms with Crippen molar-refractivity contribution < 1.29 is 9.90 Å². The Balaban J connectivity index is 1.73. The Morgan fingerprint density at radius 2 is 1.88 bits per heavy atom. The summed E-state index contributed by atoms with van der Waals surface area (Å²) in [5.41, 5.74) is 2.33. The maximum Gasteiger partial charge on any atom is 0.314 e. The lowest BCUT2D eigenvalue weighted by atomic mass is 9.72. The van der Waals surface area contributed by atoms with E-state index in [4.69, 9.17) is 0 Å². The Hall–Kier alpha value is -2.27. The van der Waals surface area contributed by atoms with Gasteiger partial charge >= 0.3 is 5.97 Å². The van der Waals surface area contributed by atoms with E-state index in [-0.39, 0.29) is 0 Å². The molecule has 3 rings (SSSR count). The van der Waals surface area contributed by atoms with Crippen LogP contribution in [-0.4, -0.2) is 39.0 Å². The standard InChI is InChI=1S/C19H23N3O2/c1-14-4-3-5-17(10-14)19(18(23)24)6-8-22(9-7-19)13-16-11-20-15(2)21-12-16/h3-5,10-12H,6-9,13H2,1-2H3,(H,23,24). The number of benzene rings is 1. The molecule has 1 aliphatic heterocycles. The second kappa shape index (κ2) is 6.69. The van der Waals surface area contributed by atoms with Gasteiger partial charge in [-0.15, -0.1) is 0 Å². The molecule has 0 spiro atoms. The van der Waals surface area contributed by atoms with Crippen molar-refractivity contribution in [1.29, 1.82) is 0 Å². The number of hydrogen-bond acceptors (Lipinski definition) is 4. The molecule has 0 atom stereocenters. The van der Waals surface area contributed by atoms with Crippen LogP contribution in [0.25, 0.3) is 0 Å². The van der Waals surface area contributed by atoms with Gasteiger partial charge in [-0.2, -0.15) is 0 Å². The molecule has 0 radical (unpaired) electrons. The van der Waals surface area contributed by atoms with Gasteiger partial charge in [-0.25, -0.2) is 9.97 Å². The molecular weight excluding hydrogens is 302 g/mol. The van der Waals surface area contributed by atoms with Crippen LogP contribution >= 0.6 is 0 Å². The van der Waals surface area contributed by atoms with Crippen LogP contribution in [0.4, 0.5) is 0 Å². The summed E-state index contributed by atoms with van der Waals surface area (Å²) in [5, 5.41) is 9.90. The van der Waals surface area contributed by atoms with Gasteiger partial charge in [0.25, 0.3) is 0 Å². The summed E-state index contributed by atoms with van der Waals surface area (Å²) in [4.78, 5) is 22.8. The minimum atomic E-state index is -0.772. The predicted octanol–water partition coefficient (Wildman–Crippen LogP) is 2.71. The van der Waals surface area contributed by atoms with Crippen LogP contribution in [0.1, 0.15) is 35.4 Å². The fraction of sp³-hybridized carbons (Fsp3) is 0.421. The van der Waals surface area contributed by atoms with Gasteiger partial charge < -0.3 is 5.11 Å². The van der Waals surface area contributed by atoms with Crippen LogP contribution in [0.3, 0.4) is 0 Å². The van der Waals surface area contributed by atoms with Crippen LogP contribution in [0.2, 0.25) is 0 Å². The summed E-state index contributed by atoms with van der Waals surface area (Å²) in [5.74, 6) is 0.0492. The lowest BCUT2D eigenvalue weighted by molar-refractivity contribution is -0.146. The van der Waals surface area contributed by atoms with E-state index in [0.29, 0.717) is 12.8 Å². The van der Waals surface area contributed by atoms with Crippen LogP contribution < -0.4 is 0 Å². The molecule has 126 valence electrons. The highest BCUT2D eigenvalue weighted by molar-refractivity contribution is 5.81. The highest BCUT2D eigenvalue weighted by Crippen LogP contribution is 2.36. The zero-order valence-corrected chi connectivity index (χ0v) is 14.2. The number of aliphatic carboxylic acids is 1. The first-order valence-electron chi connectivity index (χ1n) is 8.30. The Kier molecular flexibility index (Phi) is 4.62. The van der Waals surface area contributed by atoms with E-state index >= 15 is 0 Å². The maximum absolute atomic E-state index is 12.1. The number of carboxylic acids is 1. The molecule has 2 aromatic rings. The zero-order valence-electron chi connectivity index (χ0n) is 14.2. The quantitative estimate of drug-likeness (QED) is 0.936. The van der Waals surface area contributed by atoms with Gasteiger partial charge in [0.1, 0.15) is 5.82 Å². The summed E-state index contributed by atoms with van der Waals surface area (Å²) in [6.45, 7) is 6.16. The van der Waals surface area contributed by atoms with Crippen molar-refractivity contribution in [1.82, 2.24) is 14.9 Å². The van der Waals surface area contributed by atoms with Crippen LogP contribution in [0.15, 0.2) is 36.7 Å². The molecule has 0 saturated carbocycles. The maximum atomic E-state index is 12.1. The van der Waals surface area contributed by atoms with Gasteiger partial charge in [0, 0.05) is 24.5 Å². The van der Waals surface area contributed by atoms with Crippen molar-refractivity contribution in [3.05, 3.63) is 59.2 Å². The summed E-state index contributed by atoms with van der Waals surface area (Å²) in [6.07, 6.45) is 4.95. The lowest BCUT2D eigenvalue weighted by Crippen LogP contribution is -2.47. The molecule has 0 bridgehead atoms. The first kappa shape index (κ1) is 16.6. The van der Waals surface area contributed by atoms with Crippen molar-refractivity contribution in [2.45, 2.75) is 38.6 Å². The molecule has 1 N–H and O–H groups in total. The highest BCUT2D eigenvalue weighted by Gasteiger charge is 2.43. The van der Waals surface area contributed by atoms with Crippen LogP contribution in [0, 0.1) is 13.8 Å². The number of piperidine rings is 1. The van der Waals surface area contributed by atoms with Gasteiger partial charge in [-0.05, 0) is 45.3 Å². The van der Waals surface area contributed by atoms with Crippen LogP contribution in [0.5, 0.6) is 0 Å². The number of aryl methyl sites for hydroxylation is 2. The van der Waals surface area contributed by atoms with Crippen LogP contribution in [-0.2, 0) is 16.8 Å². The third-order valence-electron chi connectivity index (χ3n) is 4.93. The van der Waals surface area contributed by atoms with Gasteiger partial charge in [0.05, 0.1) is 5.41 Å². The Morgan fingerprint density at radius 3 is 2.46 bits per heavy atom. The van der Waals surface area contributed by atoms with E-state index in [0.717, 1.165) is 42.1 Å². The second-order valence-electron chi connectivity index (χ2n) is 6.67. The Labute approximate surface area is 142 Å². The lowest BCUT2D eigenvalue weighted by Gasteiger charge is -2.39. The minimum absolute atomic E-state index is 0.624. The zero-order chi connectivity index (χ0) is 17.2. The normalized spacial score (nSPS) is 17.6. The van der Waals surface area contributed by atoms with E-state index in [1.54, 1.807) is 0 Å². The van der Waals surface area contributed by atoms with E-state index < -0.39 is 11.4 Å². The topological polar surface area (TPSA) is 66.3 Å². The summed E-state index contributed by atoms with van der Waals surface area (Å²) in [7, 11) is 0. The summed E-state index contributed by atoms with van der Waals surface area (Å²) >= 11 is 0. The molecular formula is C19H23N3O2. The SMILES string of the molecule is Cc1cccc(C2(C(=O)O)CCN(Cc3cnc(C)nc3)CC2)c1. The first-order chi connectivity index (χ1) is 11.5. The molecule has 1 aromatic heterocycles. The second-order valence-corrected chi connectivity index (χ2v) is 6.67. The molecule has 1 saturated heterocycles. The third-order valence-corrected chi connectivity index (χ3v) is 4.93. The van der Waals surface area contributed by atoms with Gasteiger partial charge in [0.2, 0.25) is 0 Å². The predicted molar refractivity (Wildman–Crippen MR) is 91.8 cm³/mol. The summed E-state index contributed by atoms with van der Waals surface area (Å²) < 4.78 is 0. The number of likely N-dealkylation sites (tertiary alicyclic amines) is 1. The molecule has 0 amide bonds.